The zero-order valence-electron chi connectivity index (χ0n) is 11.4. The van der Waals surface area contributed by atoms with Crippen molar-refractivity contribution in [1.82, 2.24) is 4.98 Å². The van der Waals surface area contributed by atoms with Crippen molar-refractivity contribution in [3.63, 3.8) is 0 Å². The van der Waals surface area contributed by atoms with Crippen LogP contribution >= 0.6 is 11.3 Å². The van der Waals surface area contributed by atoms with Gasteiger partial charge in [-0.05, 0) is 44.0 Å². The molecule has 1 aromatic carbocycles. The average molecular weight is 312 g/mol. The lowest BCUT2D eigenvalue weighted by molar-refractivity contribution is 0.600. The van der Waals surface area contributed by atoms with Gasteiger partial charge in [-0.15, -0.1) is 11.3 Å². The van der Waals surface area contributed by atoms with E-state index in [9.17, 15) is 8.42 Å². The normalized spacial score (nSPS) is 11.4. The minimum Gasteiger partial charge on any atom is -0.324 e. The zero-order valence-corrected chi connectivity index (χ0v) is 13.0. The van der Waals surface area contributed by atoms with Crippen molar-refractivity contribution in [1.29, 1.82) is 0 Å². The van der Waals surface area contributed by atoms with Gasteiger partial charge in [-0.2, -0.15) is 0 Å². The van der Waals surface area contributed by atoms with Crippen LogP contribution in [0.25, 0.3) is 0 Å². The average Bonchev–Trinajstić information content (AvgIpc) is 2.72. The van der Waals surface area contributed by atoms with E-state index in [0.717, 1.165) is 4.88 Å². The van der Waals surface area contributed by atoms with E-state index in [4.69, 9.17) is 5.84 Å². The van der Waals surface area contributed by atoms with Crippen molar-refractivity contribution in [3.05, 3.63) is 34.3 Å². The van der Waals surface area contributed by atoms with E-state index >= 15 is 0 Å². The van der Waals surface area contributed by atoms with Crippen molar-refractivity contribution in [3.8, 4) is 0 Å². The molecule has 0 radical (unpaired) electrons. The molecule has 0 aliphatic rings. The molecule has 108 valence electrons. The van der Waals surface area contributed by atoms with Gasteiger partial charge in [0.2, 0.25) is 0 Å². The topological polar surface area (TPSA) is 97.1 Å². The van der Waals surface area contributed by atoms with Crippen LogP contribution in [0, 0.1) is 20.8 Å². The Bertz CT molecular complexity index is 715. The van der Waals surface area contributed by atoms with Crippen molar-refractivity contribution >= 4 is 32.2 Å². The minimum absolute atomic E-state index is 0.254. The first-order valence-electron chi connectivity index (χ1n) is 5.86. The van der Waals surface area contributed by atoms with Gasteiger partial charge in [-0.1, -0.05) is 0 Å². The van der Waals surface area contributed by atoms with Crippen LogP contribution in [0.3, 0.4) is 0 Å². The second-order valence-corrected chi connectivity index (χ2v) is 7.32. The van der Waals surface area contributed by atoms with Crippen molar-refractivity contribution < 1.29 is 8.42 Å². The number of nitrogen functional groups attached to an aromatic ring is 1. The molecule has 8 heteroatoms. The van der Waals surface area contributed by atoms with Crippen molar-refractivity contribution in [2.24, 2.45) is 5.84 Å². The Balaban J connectivity index is 2.44. The smallest absolute Gasteiger partial charge is 0.264 e. The fraction of sp³-hybridized carbons (Fsp3) is 0.250. The molecule has 4 N–H and O–H groups in total. The fourth-order valence-corrected chi connectivity index (χ4v) is 4.39. The summed E-state index contributed by atoms with van der Waals surface area (Å²) in [5, 5.41) is 0.363. The summed E-state index contributed by atoms with van der Waals surface area (Å²) in [6.07, 6.45) is 1.63. The van der Waals surface area contributed by atoms with Gasteiger partial charge in [-0.25, -0.2) is 13.4 Å². The number of rotatable bonds is 4. The predicted molar refractivity (Wildman–Crippen MR) is 81.4 cm³/mol. The van der Waals surface area contributed by atoms with Crippen LogP contribution in [0.5, 0.6) is 0 Å². The SMILES string of the molecule is Cc1cnc(NS(=O)(=O)c2c(C)cc(NN)cc2C)s1. The summed E-state index contributed by atoms with van der Waals surface area (Å²) >= 11 is 1.29. The maximum atomic E-state index is 12.5. The third kappa shape index (κ3) is 2.92. The Morgan fingerprint density at radius 3 is 2.25 bits per heavy atom. The molecular formula is C12H16N4O2S2. The standard InChI is InChI=1S/C12H16N4O2S2/c1-7-4-10(15-13)5-8(2)11(7)20(17,18)16-12-14-6-9(3)19-12/h4-6,15H,13H2,1-3H3,(H,14,16). The highest BCUT2D eigenvalue weighted by Crippen LogP contribution is 2.27. The number of aromatic nitrogens is 1. The van der Waals surface area contributed by atoms with Gasteiger partial charge >= 0.3 is 0 Å². The van der Waals surface area contributed by atoms with Crippen LogP contribution < -0.4 is 16.0 Å². The summed E-state index contributed by atoms with van der Waals surface area (Å²) in [6, 6.07) is 3.38. The summed E-state index contributed by atoms with van der Waals surface area (Å²) < 4.78 is 27.4. The number of nitrogens with zero attached hydrogens (tertiary/aromatic N) is 1. The quantitative estimate of drug-likeness (QED) is 0.594. The van der Waals surface area contributed by atoms with E-state index in [1.807, 2.05) is 6.92 Å². The van der Waals surface area contributed by atoms with E-state index in [1.165, 1.54) is 11.3 Å². The summed E-state index contributed by atoms with van der Waals surface area (Å²) in [5.41, 5.74) is 4.43. The second-order valence-electron chi connectivity index (χ2n) is 4.47. The van der Waals surface area contributed by atoms with Crippen LogP contribution in [-0.2, 0) is 10.0 Å². The molecule has 0 saturated heterocycles. The maximum absolute atomic E-state index is 12.5. The number of hydrogen-bond donors (Lipinski definition) is 3. The molecule has 20 heavy (non-hydrogen) atoms. The molecule has 0 fully saturated rings. The zero-order chi connectivity index (χ0) is 14.9. The Morgan fingerprint density at radius 1 is 1.20 bits per heavy atom. The van der Waals surface area contributed by atoms with Crippen LogP contribution in [0.4, 0.5) is 10.8 Å². The van der Waals surface area contributed by atoms with Gasteiger partial charge in [0.05, 0.1) is 4.90 Å². The Morgan fingerprint density at radius 2 is 1.80 bits per heavy atom. The number of thiazole rings is 1. The molecule has 2 aromatic rings. The van der Waals surface area contributed by atoms with Crippen LogP contribution in [0.1, 0.15) is 16.0 Å². The molecule has 1 heterocycles. The highest BCUT2D eigenvalue weighted by Gasteiger charge is 2.21. The molecule has 0 unspecified atom stereocenters. The molecular weight excluding hydrogens is 296 g/mol. The van der Waals surface area contributed by atoms with Gasteiger partial charge in [0.25, 0.3) is 10.0 Å². The predicted octanol–water partition coefficient (Wildman–Crippen LogP) is 2.15. The van der Waals surface area contributed by atoms with Gasteiger partial charge in [0.15, 0.2) is 5.13 Å². The summed E-state index contributed by atoms with van der Waals surface area (Å²) in [6.45, 7) is 5.33. The van der Waals surface area contributed by atoms with Crippen LogP contribution in [-0.4, -0.2) is 13.4 Å². The summed E-state index contributed by atoms with van der Waals surface area (Å²) in [5.74, 6) is 5.35. The molecule has 0 aliphatic heterocycles. The van der Waals surface area contributed by atoms with Gasteiger partial charge in [0.1, 0.15) is 0 Å². The lowest BCUT2D eigenvalue weighted by atomic mass is 10.1. The van der Waals surface area contributed by atoms with E-state index < -0.39 is 10.0 Å². The maximum Gasteiger partial charge on any atom is 0.264 e. The molecule has 1 aromatic heterocycles. The Kier molecular flexibility index (Phi) is 3.98. The number of nitrogens with one attached hydrogen (secondary N) is 2. The first kappa shape index (κ1) is 14.8. The van der Waals surface area contributed by atoms with Gasteiger partial charge < -0.3 is 5.43 Å². The van der Waals surface area contributed by atoms with Gasteiger partial charge in [-0.3, -0.25) is 10.6 Å². The van der Waals surface area contributed by atoms with E-state index in [-0.39, 0.29) is 4.90 Å². The third-order valence-corrected chi connectivity index (χ3v) is 5.34. The van der Waals surface area contributed by atoms with Crippen molar-refractivity contribution in [2.45, 2.75) is 25.7 Å². The number of anilines is 2. The number of nitrogens with two attached hydrogens (primary N) is 1. The number of benzene rings is 1. The van der Waals surface area contributed by atoms with Crippen LogP contribution in [0.2, 0.25) is 0 Å². The van der Waals surface area contributed by atoms with E-state index in [1.54, 1.807) is 32.2 Å². The minimum atomic E-state index is -3.66. The van der Waals surface area contributed by atoms with E-state index in [0.29, 0.717) is 21.9 Å². The first-order chi connectivity index (χ1) is 9.33. The molecule has 2 rings (SSSR count). The lowest BCUT2D eigenvalue weighted by Crippen LogP contribution is -2.16. The summed E-state index contributed by atoms with van der Waals surface area (Å²) in [4.78, 5) is 5.21. The molecule has 0 saturated carbocycles. The highest BCUT2D eigenvalue weighted by molar-refractivity contribution is 7.93. The second kappa shape index (κ2) is 5.39. The van der Waals surface area contributed by atoms with E-state index in [2.05, 4.69) is 15.1 Å². The number of hydrazine groups is 1. The molecule has 0 amide bonds. The molecule has 0 atom stereocenters. The number of hydrogen-bond acceptors (Lipinski definition) is 6. The molecule has 6 nitrogen and oxygen atoms in total. The van der Waals surface area contributed by atoms with Crippen molar-refractivity contribution in [2.75, 3.05) is 10.1 Å². The highest BCUT2D eigenvalue weighted by atomic mass is 32.2. The Hall–Kier alpha value is -1.64. The van der Waals surface area contributed by atoms with Crippen LogP contribution in [0.15, 0.2) is 23.2 Å². The summed E-state index contributed by atoms with van der Waals surface area (Å²) in [7, 11) is -3.66. The monoisotopic (exact) mass is 312 g/mol. The molecule has 0 bridgehead atoms. The first-order valence-corrected chi connectivity index (χ1v) is 8.16. The Labute approximate surface area is 122 Å². The number of sulfonamides is 1. The number of aryl methyl sites for hydroxylation is 3. The lowest BCUT2D eigenvalue weighted by Gasteiger charge is -2.13. The molecule has 0 aliphatic carbocycles. The van der Waals surface area contributed by atoms with Gasteiger partial charge in [0, 0.05) is 16.8 Å². The fourth-order valence-electron chi connectivity index (χ4n) is 2.03. The third-order valence-electron chi connectivity index (χ3n) is 2.74. The molecule has 0 spiro atoms. The largest absolute Gasteiger partial charge is 0.324 e.